The molecule has 152 valence electrons. The lowest BCUT2D eigenvalue weighted by atomic mass is 10.0. The van der Waals surface area contributed by atoms with Gasteiger partial charge in [0.05, 0.1) is 11.7 Å². The highest BCUT2D eigenvalue weighted by Crippen LogP contribution is 2.37. The number of benzene rings is 2. The zero-order valence-corrected chi connectivity index (χ0v) is 15.5. The van der Waals surface area contributed by atoms with Gasteiger partial charge in [0.15, 0.2) is 22.5 Å². The minimum absolute atomic E-state index is 0.0395. The van der Waals surface area contributed by atoms with Crippen LogP contribution in [-0.4, -0.2) is 49.6 Å². The standard InChI is InChI=1S/C21H21NO7/c23-12-2-1-5-22(9-12)10-13-15(25)7-17(27)20-18(28)8-19(29-21(13)20)11-3-4-14(24)16(26)6-11/h3-4,6-8,12,23-27H,1-2,5,9-10H2. The van der Waals surface area contributed by atoms with Crippen molar-refractivity contribution >= 4 is 11.0 Å². The van der Waals surface area contributed by atoms with Gasteiger partial charge < -0.3 is 29.9 Å². The molecule has 1 aromatic heterocycles. The van der Waals surface area contributed by atoms with Crippen molar-refractivity contribution in [2.45, 2.75) is 25.5 Å². The molecule has 1 atom stereocenters. The molecule has 0 amide bonds. The molecule has 29 heavy (non-hydrogen) atoms. The predicted molar refractivity (Wildman–Crippen MR) is 105 cm³/mol. The molecule has 0 saturated carbocycles. The molecule has 4 rings (SSSR count). The van der Waals surface area contributed by atoms with Gasteiger partial charge in [-0.2, -0.15) is 0 Å². The first-order chi connectivity index (χ1) is 13.8. The Kier molecular flexibility index (Phi) is 4.81. The number of aliphatic hydroxyl groups excluding tert-OH is 1. The van der Waals surface area contributed by atoms with E-state index in [2.05, 4.69) is 0 Å². The highest BCUT2D eigenvalue weighted by molar-refractivity contribution is 5.89. The van der Waals surface area contributed by atoms with Crippen LogP contribution < -0.4 is 5.43 Å². The normalized spacial score (nSPS) is 17.6. The van der Waals surface area contributed by atoms with Crippen molar-refractivity contribution in [1.29, 1.82) is 0 Å². The molecule has 0 radical (unpaired) electrons. The third-order valence-electron chi connectivity index (χ3n) is 5.18. The fourth-order valence-corrected chi connectivity index (χ4v) is 3.72. The lowest BCUT2D eigenvalue weighted by molar-refractivity contribution is 0.0665. The molecule has 1 aliphatic heterocycles. The molecule has 8 nitrogen and oxygen atoms in total. The fourth-order valence-electron chi connectivity index (χ4n) is 3.72. The number of likely N-dealkylation sites (tertiary alicyclic amines) is 1. The summed E-state index contributed by atoms with van der Waals surface area (Å²) in [5.74, 6) is -1.18. The van der Waals surface area contributed by atoms with E-state index in [1.165, 1.54) is 24.3 Å². The van der Waals surface area contributed by atoms with Gasteiger partial charge in [0, 0.05) is 30.8 Å². The van der Waals surface area contributed by atoms with Crippen LogP contribution in [0.2, 0.25) is 0 Å². The second-order valence-electron chi connectivity index (χ2n) is 7.31. The number of phenolic OH excluding ortho intramolecular Hbond substituents is 4. The Morgan fingerprint density at radius 3 is 2.52 bits per heavy atom. The average molecular weight is 399 g/mol. The average Bonchev–Trinajstić information content (AvgIpc) is 2.66. The molecule has 1 saturated heterocycles. The zero-order valence-electron chi connectivity index (χ0n) is 15.5. The number of phenols is 4. The van der Waals surface area contributed by atoms with Crippen molar-refractivity contribution in [2.75, 3.05) is 13.1 Å². The molecular weight excluding hydrogens is 378 g/mol. The smallest absolute Gasteiger partial charge is 0.197 e. The van der Waals surface area contributed by atoms with Gasteiger partial charge in [-0.15, -0.1) is 0 Å². The molecule has 0 bridgehead atoms. The first-order valence-corrected chi connectivity index (χ1v) is 9.28. The van der Waals surface area contributed by atoms with Crippen LogP contribution in [0.25, 0.3) is 22.3 Å². The zero-order chi connectivity index (χ0) is 20.7. The summed E-state index contributed by atoms with van der Waals surface area (Å²) in [6, 6.07) is 6.29. The summed E-state index contributed by atoms with van der Waals surface area (Å²) in [5, 5.41) is 49.7. The number of rotatable bonds is 3. The summed E-state index contributed by atoms with van der Waals surface area (Å²) >= 11 is 0. The Morgan fingerprint density at radius 1 is 1.00 bits per heavy atom. The number of nitrogens with zero attached hydrogens (tertiary/aromatic N) is 1. The molecule has 8 heteroatoms. The molecule has 5 N–H and O–H groups in total. The molecule has 0 spiro atoms. The number of hydrogen-bond donors (Lipinski definition) is 5. The SMILES string of the molecule is O=c1cc(-c2ccc(O)c(O)c2)oc2c(CN3CCCC(O)C3)c(O)cc(O)c12. The van der Waals surface area contributed by atoms with Crippen LogP contribution in [0.15, 0.2) is 39.5 Å². The summed E-state index contributed by atoms with van der Waals surface area (Å²) in [7, 11) is 0. The summed E-state index contributed by atoms with van der Waals surface area (Å²) in [6.45, 7) is 1.37. The van der Waals surface area contributed by atoms with Gasteiger partial charge in [-0.05, 0) is 37.6 Å². The molecule has 3 aromatic rings. The van der Waals surface area contributed by atoms with Gasteiger partial charge in [0.2, 0.25) is 0 Å². The molecule has 1 fully saturated rings. The van der Waals surface area contributed by atoms with Gasteiger partial charge in [-0.25, -0.2) is 0 Å². The van der Waals surface area contributed by atoms with E-state index in [1.54, 1.807) is 0 Å². The molecule has 1 unspecified atom stereocenters. The maximum atomic E-state index is 12.7. The van der Waals surface area contributed by atoms with Crippen molar-refractivity contribution in [2.24, 2.45) is 0 Å². The van der Waals surface area contributed by atoms with Crippen molar-refractivity contribution < 1.29 is 29.9 Å². The molecule has 1 aliphatic rings. The predicted octanol–water partition coefficient (Wildman–Crippen LogP) is 2.24. The van der Waals surface area contributed by atoms with E-state index in [0.29, 0.717) is 30.6 Å². The van der Waals surface area contributed by atoms with Crippen molar-refractivity contribution in [1.82, 2.24) is 4.90 Å². The molecule has 2 aromatic carbocycles. The van der Waals surface area contributed by atoms with E-state index in [-0.39, 0.29) is 40.5 Å². The van der Waals surface area contributed by atoms with Gasteiger partial charge in [0.25, 0.3) is 0 Å². The third kappa shape index (κ3) is 3.59. The van der Waals surface area contributed by atoms with Crippen LogP contribution in [0.5, 0.6) is 23.0 Å². The minimum atomic E-state index is -0.508. The Balaban J connectivity index is 1.87. The van der Waals surface area contributed by atoms with Crippen LogP contribution in [0.1, 0.15) is 18.4 Å². The van der Waals surface area contributed by atoms with Crippen molar-refractivity contribution in [3.8, 4) is 34.3 Å². The van der Waals surface area contributed by atoms with Gasteiger partial charge >= 0.3 is 0 Å². The second-order valence-corrected chi connectivity index (χ2v) is 7.31. The largest absolute Gasteiger partial charge is 0.507 e. The number of β-amino-alcohol motifs (C(OH)–C–C–N with tert-alkyl or cyclic N) is 1. The fraction of sp³-hybridized carbons (Fsp3) is 0.286. The van der Waals surface area contributed by atoms with Crippen molar-refractivity contribution in [3.05, 3.63) is 46.1 Å². The first-order valence-electron chi connectivity index (χ1n) is 9.28. The number of aromatic hydroxyl groups is 4. The van der Waals surface area contributed by atoms with E-state index in [9.17, 15) is 30.3 Å². The number of piperidine rings is 1. The number of aliphatic hydroxyl groups is 1. The van der Waals surface area contributed by atoms with Crippen LogP contribution in [-0.2, 0) is 6.54 Å². The Bertz CT molecular complexity index is 1140. The molecule has 2 heterocycles. The topological polar surface area (TPSA) is 135 Å². The van der Waals surface area contributed by atoms with Crippen LogP contribution in [0, 0.1) is 0 Å². The monoisotopic (exact) mass is 399 g/mol. The lowest BCUT2D eigenvalue weighted by Gasteiger charge is -2.30. The maximum Gasteiger partial charge on any atom is 0.197 e. The number of hydrogen-bond acceptors (Lipinski definition) is 8. The van der Waals surface area contributed by atoms with E-state index in [0.717, 1.165) is 12.5 Å². The van der Waals surface area contributed by atoms with Crippen LogP contribution >= 0.6 is 0 Å². The summed E-state index contributed by atoms with van der Waals surface area (Å²) in [4.78, 5) is 14.6. The maximum absolute atomic E-state index is 12.7. The first kappa shape index (κ1) is 19.1. The number of fused-ring (bicyclic) bond motifs is 1. The Labute approximate surface area is 165 Å². The van der Waals surface area contributed by atoms with E-state index in [1.807, 2.05) is 4.90 Å². The quantitative estimate of drug-likeness (QED) is 0.423. The van der Waals surface area contributed by atoms with Crippen LogP contribution in [0.3, 0.4) is 0 Å². The highest BCUT2D eigenvalue weighted by atomic mass is 16.3. The van der Waals surface area contributed by atoms with E-state index < -0.39 is 17.3 Å². The second kappa shape index (κ2) is 7.31. The highest BCUT2D eigenvalue weighted by Gasteiger charge is 2.23. The van der Waals surface area contributed by atoms with E-state index >= 15 is 0 Å². The van der Waals surface area contributed by atoms with Crippen LogP contribution in [0.4, 0.5) is 0 Å². The van der Waals surface area contributed by atoms with Gasteiger partial charge in [-0.3, -0.25) is 9.69 Å². The summed E-state index contributed by atoms with van der Waals surface area (Å²) in [5.41, 5.74) is 0.208. The Hall–Kier alpha value is -3.23. The minimum Gasteiger partial charge on any atom is -0.507 e. The van der Waals surface area contributed by atoms with Gasteiger partial charge in [0.1, 0.15) is 22.6 Å². The summed E-state index contributed by atoms with van der Waals surface area (Å²) in [6.07, 6.45) is 1.05. The molecular formula is C21H21NO7. The third-order valence-corrected chi connectivity index (χ3v) is 5.18. The van der Waals surface area contributed by atoms with E-state index in [4.69, 9.17) is 4.42 Å². The van der Waals surface area contributed by atoms with Crippen molar-refractivity contribution in [3.63, 3.8) is 0 Å². The lowest BCUT2D eigenvalue weighted by Crippen LogP contribution is -2.37. The molecule has 0 aliphatic carbocycles. The van der Waals surface area contributed by atoms with Gasteiger partial charge in [-0.1, -0.05) is 0 Å². The summed E-state index contributed by atoms with van der Waals surface area (Å²) < 4.78 is 5.88. The Morgan fingerprint density at radius 2 is 1.79 bits per heavy atom.